The van der Waals surface area contributed by atoms with Crippen molar-refractivity contribution in [2.24, 2.45) is 0 Å². The summed E-state index contributed by atoms with van der Waals surface area (Å²) in [6.45, 7) is 6.73. The van der Waals surface area contributed by atoms with Crippen LogP contribution in [0.15, 0.2) is 91.0 Å². The van der Waals surface area contributed by atoms with Crippen molar-refractivity contribution in [3.63, 3.8) is 0 Å². The lowest BCUT2D eigenvalue weighted by atomic mass is 9.76. The molecule has 1 unspecified atom stereocenters. The number of benzene rings is 4. The van der Waals surface area contributed by atoms with Crippen LogP contribution in [-0.4, -0.2) is 91.3 Å². The minimum Gasteiger partial charge on any atom is -0.493 e. The molecule has 2 aliphatic rings. The zero-order valence-electron chi connectivity index (χ0n) is 31.1. The Morgan fingerprint density at radius 2 is 1.62 bits per heavy atom. The highest BCUT2D eigenvalue weighted by Crippen LogP contribution is 2.40. The standard InChI is InChI=1S/C43H49N5O5/c1-30-26-32(27-38(51-2)39(30)52-3)40(49)47-25-21-43(29-47,33-13-6-5-7-14-33)20-24-46-22-18-34(19-23-46)44-42-45-36-16-10-11-17-37(36)48(42)28-31-12-8-9-15-35(31)41(50)53-4/h5-17,26-27,34H,18-25,28-29H2,1-4H3,(H,44,45). The number of rotatable bonds is 12. The average molecular weight is 716 g/mol. The molecule has 276 valence electrons. The summed E-state index contributed by atoms with van der Waals surface area (Å²) in [7, 11) is 4.64. The van der Waals surface area contributed by atoms with Crippen molar-refractivity contribution in [2.75, 3.05) is 59.4 Å². The quantitative estimate of drug-likeness (QED) is 0.139. The summed E-state index contributed by atoms with van der Waals surface area (Å²) >= 11 is 0. The third-order valence-electron chi connectivity index (χ3n) is 11.2. The van der Waals surface area contributed by atoms with E-state index in [9.17, 15) is 9.59 Å². The fraction of sp³-hybridized carbons (Fsp3) is 0.372. The number of methoxy groups -OCH3 is 3. The van der Waals surface area contributed by atoms with Gasteiger partial charge in [0.1, 0.15) is 0 Å². The Morgan fingerprint density at radius 3 is 2.38 bits per heavy atom. The Balaban J connectivity index is 1.02. The number of anilines is 1. The van der Waals surface area contributed by atoms with Gasteiger partial charge in [0, 0.05) is 43.2 Å². The van der Waals surface area contributed by atoms with E-state index in [0.717, 1.165) is 73.4 Å². The Hall–Kier alpha value is -5.35. The van der Waals surface area contributed by atoms with Crippen LogP contribution in [0.5, 0.6) is 11.5 Å². The van der Waals surface area contributed by atoms with E-state index in [1.165, 1.54) is 12.7 Å². The molecule has 1 amide bonds. The Bertz CT molecular complexity index is 2070. The van der Waals surface area contributed by atoms with Gasteiger partial charge >= 0.3 is 5.97 Å². The first-order chi connectivity index (χ1) is 25.8. The summed E-state index contributed by atoms with van der Waals surface area (Å²) in [6.07, 6.45) is 3.87. The van der Waals surface area contributed by atoms with Gasteiger partial charge < -0.3 is 33.9 Å². The van der Waals surface area contributed by atoms with E-state index in [0.29, 0.717) is 42.3 Å². The summed E-state index contributed by atoms with van der Waals surface area (Å²) < 4.78 is 18.3. The fourth-order valence-electron chi connectivity index (χ4n) is 8.22. The van der Waals surface area contributed by atoms with E-state index < -0.39 is 0 Å². The Morgan fingerprint density at radius 1 is 0.887 bits per heavy atom. The molecule has 3 heterocycles. The van der Waals surface area contributed by atoms with Crippen LogP contribution < -0.4 is 14.8 Å². The zero-order chi connectivity index (χ0) is 37.0. The van der Waals surface area contributed by atoms with Crippen molar-refractivity contribution in [3.05, 3.63) is 119 Å². The SMILES string of the molecule is COC(=O)c1ccccc1Cn1c(NC2CCN(CCC3(c4ccccc4)CCN(C(=O)c4cc(C)c(OC)c(OC)c4)C3)CC2)nc2ccccc21. The number of piperidine rings is 1. The topological polar surface area (TPSA) is 98.2 Å². The van der Waals surface area contributed by atoms with Gasteiger partial charge in [-0.15, -0.1) is 0 Å². The molecule has 1 aromatic heterocycles. The van der Waals surface area contributed by atoms with E-state index in [4.69, 9.17) is 19.2 Å². The molecule has 10 nitrogen and oxygen atoms in total. The molecule has 53 heavy (non-hydrogen) atoms. The first-order valence-electron chi connectivity index (χ1n) is 18.5. The monoisotopic (exact) mass is 715 g/mol. The van der Waals surface area contributed by atoms with Gasteiger partial charge in [-0.1, -0.05) is 60.7 Å². The number of aromatic nitrogens is 2. The number of imidazole rings is 1. The van der Waals surface area contributed by atoms with Crippen molar-refractivity contribution in [1.29, 1.82) is 0 Å². The van der Waals surface area contributed by atoms with Gasteiger partial charge in [0.2, 0.25) is 5.95 Å². The molecule has 7 rings (SSSR count). The molecule has 5 aromatic rings. The second-order valence-electron chi connectivity index (χ2n) is 14.3. The first-order valence-corrected chi connectivity index (χ1v) is 18.5. The Kier molecular flexibility index (Phi) is 10.7. The van der Waals surface area contributed by atoms with Gasteiger partial charge in [-0.25, -0.2) is 9.78 Å². The molecule has 4 aromatic carbocycles. The number of para-hydroxylation sites is 2. The summed E-state index contributed by atoms with van der Waals surface area (Å²) in [6, 6.07) is 30.4. The highest BCUT2D eigenvalue weighted by atomic mass is 16.5. The average Bonchev–Trinajstić information content (AvgIpc) is 3.79. The fourth-order valence-corrected chi connectivity index (χ4v) is 8.22. The lowest BCUT2D eigenvalue weighted by molar-refractivity contribution is 0.0599. The number of nitrogens with zero attached hydrogens (tertiary/aromatic N) is 4. The molecule has 2 fully saturated rings. The number of esters is 1. The maximum Gasteiger partial charge on any atom is 0.338 e. The minimum absolute atomic E-state index is 0.0264. The molecule has 2 aliphatic heterocycles. The summed E-state index contributed by atoms with van der Waals surface area (Å²) in [5, 5.41) is 3.77. The molecule has 2 saturated heterocycles. The van der Waals surface area contributed by atoms with Gasteiger partial charge in [0.05, 0.1) is 44.5 Å². The van der Waals surface area contributed by atoms with Crippen LogP contribution in [-0.2, 0) is 16.7 Å². The second kappa shape index (κ2) is 15.7. The molecule has 1 atom stereocenters. The third kappa shape index (κ3) is 7.46. The predicted molar refractivity (Wildman–Crippen MR) is 207 cm³/mol. The van der Waals surface area contributed by atoms with Crippen LogP contribution in [0.4, 0.5) is 5.95 Å². The molecule has 0 spiro atoms. The van der Waals surface area contributed by atoms with E-state index >= 15 is 0 Å². The number of aryl methyl sites for hydroxylation is 1. The van der Waals surface area contributed by atoms with Gasteiger partial charge in [0.15, 0.2) is 11.5 Å². The number of hydrogen-bond acceptors (Lipinski definition) is 8. The van der Waals surface area contributed by atoms with Crippen molar-refractivity contribution in [2.45, 2.75) is 50.6 Å². The molecule has 0 aliphatic carbocycles. The normalized spacial score (nSPS) is 17.9. The third-order valence-corrected chi connectivity index (χ3v) is 11.2. The lowest BCUT2D eigenvalue weighted by Crippen LogP contribution is -2.42. The largest absolute Gasteiger partial charge is 0.493 e. The molecular formula is C43H49N5O5. The van der Waals surface area contributed by atoms with Crippen molar-refractivity contribution in [3.8, 4) is 11.5 Å². The van der Waals surface area contributed by atoms with Gasteiger partial charge in [0.25, 0.3) is 5.91 Å². The van der Waals surface area contributed by atoms with E-state index in [1.807, 2.05) is 60.4 Å². The number of fused-ring (bicyclic) bond motifs is 1. The van der Waals surface area contributed by atoms with E-state index in [2.05, 4.69) is 51.2 Å². The van der Waals surface area contributed by atoms with E-state index in [-0.39, 0.29) is 23.3 Å². The van der Waals surface area contributed by atoms with Crippen molar-refractivity contribution in [1.82, 2.24) is 19.4 Å². The van der Waals surface area contributed by atoms with Crippen LogP contribution in [0, 0.1) is 6.92 Å². The second-order valence-corrected chi connectivity index (χ2v) is 14.3. The van der Waals surface area contributed by atoms with Crippen LogP contribution in [0.25, 0.3) is 11.0 Å². The number of carbonyl (C=O) groups is 2. The lowest BCUT2D eigenvalue weighted by Gasteiger charge is -2.36. The van der Waals surface area contributed by atoms with Crippen molar-refractivity contribution >= 4 is 28.9 Å². The number of ether oxygens (including phenoxy) is 3. The molecule has 10 heteroatoms. The zero-order valence-corrected chi connectivity index (χ0v) is 31.1. The summed E-state index contributed by atoms with van der Waals surface area (Å²) in [5.41, 5.74) is 6.06. The Labute approximate surface area is 311 Å². The molecule has 0 bridgehead atoms. The van der Waals surface area contributed by atoms with Crippen LogP contribution in [0.2, 0.25) is 0 Å². The van der Waals surface area contributed by atoms with Gasteiger partial charge in [-0.3, -0.25) is 4.79 Å². The first kappa shape index (κ1) is 36.0. The number of hydrogen-bond donors (Lipinski definition) is 1. The molecule has 0 radical (unpaired) electrons. The predicted octanol–water partition coefficient (Wildman–Crippen LogP) is 6.95. The van der Waals surface area contributed by atoms with E-state index in [1.54, 1.807) is 20.3 Å². The number of carbonyl (C=O) groups excluding carboxylic acids is 2. The number of likely N-dealkylation sites (tertiary alicyclic amines) is 2. The van der Waals surface area contributed by atoms with Crippen LogP contribution in [0.3, 0.4) is 0 Å². The minimum atomic E-state index is -0.342. The van der Waals surface area contributed by atoms with Crippen LogP contribution in [0.1, 0.15) is 63.1 Å². The molecule has 1 N–H and O–H groups in total. The highest BCUT2D eigenvalue weighted by molar-refractivity contribution is 5.95. The number of nitrogens with one attached hydrogen (secondary N) is 1. The molecule has 0 saturated carbocycles. The van der Waals surface area contributed by atoms with Crippen molar-refractivity contribution < 1.29 is 23.8 Å². The van der Waals surface area contributed by atoms with Crippen LogP contribution >= 0.6 is 0 Å². The van der Waals surface area contributed by atoms with Gasteiger partial charge in [-0.05, 0) is 86.2 Å². The summed E-state index contributed by atoms with van der Waals surface area (Å²) in [4.78, 5) is 36.0. The number of amides is 1. The molecular weight excluding hydrogens is 667 g/mol. The maximum absolute atomic E-state index is 13.9. The smallest absolute Gasteiger partial charge is 0.338 e. The highest BCUT2D eigenvalue weighted by Gasteiger charge is 2.42. The van der Waals surface area contributed by atoms with Gasteiger partial charge in [-0.2, -0.15) is 0 Å². The maximum atomic E-state index is 13.9. The summed E-state index contributed by atoms with van der Waals surface area (Å²) in [5.74, 6) is 1.73.